The van der Waals surface area contributed by atoms with Crippen molar-refractivity contribution in [2.75, 3.05) is 6.54 Å². The zero-order valence-corrected chi connectivity index (χ0v) is 12.5. The van der Waals surface area contributed by atoms with Crippen LogP contribution in [0.2, 0.25) is 0 Å². The van der Waals surface area contributed by atoms with Gasteiger partial charge in [-0.05, 0) is 31.2 Å². The number of nitrogens with one attached hydrogen (secondary N) is 2. The van der Waals surface area contributed by atoms with Gasteiger partial charge in [0.25, 0.3) is 11.8 Å². The SMILES string of the molecule is C[C@H](CNC(=O)c1ccccc1F)NC(=O)c1ccccc1F. The molecule has 0 saturated carbocycles. The van der Waals surface area contributed by atoms with Crippen molar-refractivity contribution in [1.82, 2.24) is 10.6 Å². The maximum absolute atomic E-state index is 13.5. The molecule has 0 saturated heterocycles. The third kappa shape index (κ3) is 4.35. The third-order valence-electron chi connectivity index (χ3n) is 3.18. The summed E-state index contributed by atoms with van der Waals surface area (Å²) in [4.78, 5) is 23.8. The Bertz CT molecular complexity index is 719. The van der Waals surface area contributed by atoms with Crippen molar-refractivity contribution in [3.8, 4) is 0 Å². The van der Waals surface area contributed by atoms with Crippen LogP contribution in [0.4, 0.5) is 8.78 Å². The maximum atomic E-state index is 13.5. The Balaban J connectivity index is 1.89. The van der Waals surface area contributed by atoms with Crippen LogP contribution in [0.3, 0.4) is 0 Å². The van der Waals surface area contributed by atoms with Crippen LogP contribution in [-0.2, 0) is 0 Å². The summed E-state index contributed by atoms with van der Waals surface area (Å²) in [6, 6.07) is 10.8. The fraction of sp³-hybridized carbons (Fsp3) is 0.176. The largest absolute Gasteiger partial charge is 0.350 e. The van der Waals surface area contributed by atoms with Gasteiger partial charge in [-0.25, -0.2) is 8.78 Å². The van der Waals surface area contributed by atoms with Crippen molar-refractivity contribution >= 4 is 11.8 Å². The highest BCUT2D eigenvalue weighted by Gasteiger charge is 2.15. The molecule has 2 aromatic carbocycles. The van der Waals surface area contributed by atoms with Gasteiger partial charge in [0.1, 0.15) is 11.6 Å². The molecule has 0 fully saturated rings. The monoisotopic (exact) mass is 318 g/mol. The minimum atomic E-state index is -0.618. The van der Waals surface area contributed by atoms with Gasteiger partial charge in [0.05, 0.1) is 11.1 Å². The fourth-order valence-corrected chi connectivity index (χ4v) is 1.98. The van der Waals surface area contributed by atoms with E-state index in [2.05, 4.69) is 10.6 Å². The number of halogens is 2. The quantitative estimate of drug-likeness (QED) is 0.890. The standard InChI is InChI=1S/C17H16F2N2O2/c1-11(21-17(23)13-7-3-5-9-15(13)19)10-20-16(22)12-6-2-4-8-14(12)18/h2-9,11H,10H2,1H3,(H,20,22)(H,21,23)/t11-/m1/s1. The molecule has 2 N–H and O–H groups in total. The molecule has 0 spiro atoms. The van der Waals surface area contributed by atoms with Crippen LogP contribution in [-0.4, -0.2) is 24.4 Å². The Morgan fingerprint density at radius 2 is 1.39 bits per heavy atom. The van der Waals surface area contributed by atoms with Gasteiger partial charge in [-0.2, -0.15) is 0 Å². The molecule has 2 amide bonds. The molecule has 1 atom stereocenters. The lowest BCUT2D eigenvalue weighted by molar-refractivity contribution is 0.0908. The lowest BCUT2D eigenvalue weighted by Gasteiger charge is -2.15. The Kier molecular flexibility index (Phi) is 5.41. The Morgan fingerprint density at radius 3 is 1.91 bits per heavy atom. The van der Waals surface area contributed by atoms with E-state index in [-0.39, 0.29) is 17.7 Å². The summed E-state index contributed by atoms with van der Waals surface area (Å²) < 4.78 is 27.0. The summed E-state index contributed by atoms with van der Waals surface area (Å²) in [7, 11) is 0. The summed E-state index contributed by atoms with van der Waals surface area (Å²) in [5.41, 5.74) is -0.139. The van der Waals surface area contributed by atoms with Crippen LogP contribution in [0.5, 0.6) is 0 Å². The average Bonchev–Trinajstić information content (AvgIpc) is 2.53. The Labute approximate surface area is 132 Å². The first-order valence-electron chi connectivity index (χ1n) is 7.07. The number of carbonyl (C=O) groups excluding carboxylic acids is 2. The molecular formula is C17H16F2N2O2. The minimum absolute atomic E-state index is 0.0693. The fourth-order valence-electron chi connectivity index (χ4n) is 1.98. The van der Waals surface area contributed by atoms with Crippen LogP contribution in [0, 0.1) is 11.6 Å². The molecule has 0 aliphatic rings. The average molecular weight is 318 g/mol. The van der Waals surface area contributed by atoms with E-state index in [1.807, 2.05) is 0 Å². The highest BCUT2D eigenvalue weighted by atomic mass is 19.1. The second kappa shape index (κ2) is 7.49. The minimum Gasteiger partial charge on any atom is -0.350 e. The van der Waals surface area contributed by atoms with Crippen molar-refractivity contribution in [2.24, 2.45) is 0 Å². The van der Waals surface area contributed by atoms with Crippen LogP contribution in [0.25, 0.3) is 0 Å². The maximum Gasteiger partial charge on any atom is 0.254 e. The third-order valence-corrected chi connectivity index (χ3v) is 3.18. The Morgan fingerprint density at radius 1 is 0.913 bits per heavy atom. The summed E-state index contributed by atoms with van der Waals surface area (Å²) in [5, 5.41) is 5.09. The molecule has 6 heteroatoms. The van der Waals surface area contributed by atoms with E-state index in [9.17, 15) is 18.4 Å². The number of hydrogen-bond acceptors (Lipinski definition) is 2. The highest BCUT2D eigenvalue weighted by Crippen LogP contribution is 2.07. The molecule has 0 aliphatic carbocycles. The van der Waals surface area contributed by atoms with Gasteiger partial charge in [0.2, 0.25) is 0 Å². The van der Waals surface area contributed by atoms with E-state index in [0.717, 1.165) is 0 Å². The summed E-state index contributed by atoms with van der Waals surface area (Å²) in [6.45, 7) is 1.74. The summed E-state index contributed by atoms with van der Waals surface area (Å²) in [5.74, 6) is -2.38. The second-order valence-electron chi connectivity index (χ2n) is 5.04. The van der Waals surface area contributed by atoms with E-state index < -0.39 is 29.5 Å². The molecule has 2 rings (SSSR count). The van der Waals surface area contributed by atoms with Gasteiger partial charge in [-0.15, -0.1) is 0 Å². The van der Waals surface area contributed by atoms with E-state index >= 15 is 0 Å². The van der Waals surface area contributed by atoms with E-state index in [1.54, 1.807) is 19.1 Å². The van der Waals surface area contributed by atoms with Crippen molar-refractivity contribution in [3.05, 3.63) is 71.3 Å². The predicted octanol–water partition coefficient (Wildman–Crippen LogP) is 2.51. The van der Waals surface area contributed by atoms with Crippen molar-refractivity contribution in [1.29, 1.82) is 0 Å². The molecule has 4 nitrogen and oxygen atoms in total. The lowest BCUT2D eigenvalue weighted by Crippen LogP contribution is -2.42. The molecule has 23 heavy (non-hydrogen) atoms. The number of hydrogen-bond donors (Lipinski definition) is 2. The Hall–Kier alpha value is -2.76. The summed E-state index contributed by atoms with van der Waals surface area (Å²) in [6.07, 6.45) is 0. The second-order valence-corrected chi connectivity index (χ2v) is 5.04. The van der Waals surface area contributed by atoms with Crippen molar-refractivity contribution in [3.63, 3.8) is 0 Å². The first-order chi connectivity index (χ1) is 11.0. The van der Waals surface area contributed by atoms with Gasteiger partial charge in [-0.1, -0.05) is 24.3 Å². The van der Waals surface area contributed by atoms with Gasteiger partial charge < -0.3 is 10.6 Å². The molecule has 0 aromatic heterocycles. The first kappa shape index (κ1) is 16.6. The molecule has 0 heterocycles. The summed E-state index contributed by atoms with van der Waals surface area (Å²) >= 11 is 0. The zero-order chi connectivity index (χ0) is 16.8. The molecule has 120 valence electrons. The van der Waals surface area contributed by atoms with Crippen LogP contribution in [0.1, 0.15) is 27.6 Å². The molecule has 0 unspecified atom stereocenters. The topological polar surface area (TPSA) is 58.2 Å². The molecular weight excluding hydrogens is 302 g/mol. The first-order valence-corrected chi connectivity index (χ1v) is 7.07. The van der Waals surface area contributed by atoms with Crippen LogP contribution >= 0.6 is 0 Å². The van der Waals surface area contributed by atoms with Gasteiger partial charge in [0, 0.05) is 12.6 Å². The van der Waals surface area contributed by atoms with Crippen molar-refractivity contribution in [2.45, 2.75) is 13.0 Å². The molecule has 0 aliphatic heterocycles. The number of amides is 2. The van der Waals surface area contributed by atoms with Gasteiger partial charge in [0.15, 0.2) is 0 Å². The van der Waals surface area contributed by atoms with E-state index in [4.69, 9.17) is 0 Å². The van der Waals surface area contributed by atoms with E-state index in [0.29, 0.717) is 0 Å². The highest BCUT2D eigenvalue weighted by molar-refractivity contribution is 5.95. The van der Waals surface area contributed by atoms with Gasteiger partial charge in [-0.3, -0.25) is 9.59 Å². The molecule has 0 radical (unpaired) electrons. The van der Waals surface area contributed by atoms with Crippen LogP contribution in [0.15, 0.2) is 48.5 Å². The van der Waals surface area contributed by atoms with Gasteiger partial charge >= 0.3 is 0 Å². The number of benzene rings is 2. The lowest BCUT2D eigenvalue weighted by atomic mass is 10.1. The molecule has 0 bridgehead atoms. The van der Waals surface area contributed by atoms with Crippen LogP contribution < -0.4 is 10.6 Å². The zero-order valence-electron chi connectivity index (χ0n) is 12.5. The van der Waals surface area contributed by atoms with E-state index in [1.165, 1.54) is 36.4 Å². The number of carbonyl (C=O) groups is 2. The smallest absolute Gasteiger partial charge is 0.254 e. The number of rotatable bonds is 5. The predicted molar refractivity (Wildman–Crippen MR) is 82.1 cm³/mol. The molecule has 2 aromatic rings. The van der Waals surface area contributed by atoms with Crippen molar-refractivity contribution < 1.29 is 18.4 Å². The normalized spacial score (nSPS) is 11.6.